The van der Waals surface area contributed by atoms with Gasteiger partial charge in [-0.3, -0.25) is 9.80 Å². The van der Waals surface area contributed by atoms with Crippen LogP contribution in [0.2, 0.25) is 0 Å². The van der Waals surface area contributed by atoms with Gasteiger partial charge in [0, 0.05) is 38.3 Å². The summed E-state index contributed by atoms with van der Waals surface area (Å²) in [5, 5.41) is 43.5. The molecule has 1 saturated carbocycles. The van der Waals surface area contributed by atoms with Crippen molar-refractivity contribution in [3.8, 4) is 0 Å². The van der Waals surface area contributed by atoms with Gasteiger partial charge in [0.25, 0.3) is 0 Å². The molecular formula is C14H18N2Na4O8. The Bertz CT molecular complexity index is 436. The number of hydrogen-bond donors (Lipinski definition) is 0. The van der Waals surface area contributed by atoms with E-state index in [0.29, 0.717) is 25.7 Å². The number of carboxylic acids is 4. The van der Waals surface area contributed by atoms with Gasteiger partial charge in [-0.05, 0) is 12.8 Å². The van der Waals surface area contributed by atoms with Crippen molar-refractivity contribution in [2.24, 2.45) is 0 Å². The van der Waals surface area contributed by atoms with Crippen LogP contribution >= 0.6 is 0 Å². The number of aliphatic carboxylic acids is 4. The predicted molar refractivity (Wildman–Crippen MR) is 69.2 cm³/mol. The Hall–Kier alpha value is 1.80. The van der Waals surface area contributed by atoms with E-state index in [4.69, 9.17) is 0 Å². The van der Waals surface area contributed by atoms with Crippen molar-refractivity contribution in [1.29, 1.82) is 0 Å². The van der Waals surface area contributed by atoms with E-state index in [1.165, 1.54) is 0 Å². The average Bonchev–Trinajstić information content (AvgIpc) is 2.44. The zero-order valence-electron chi connectivity index (χ0n) is 17.0. The van der Waals surface area contributed by atoms with E-state index in [0.717, 1.165) is 9.80 Å². The Kier molecular flexibility index (Phi) is 25.8. The summed E-state index contributed by atoms with van der Waals surface area (Å²) in [6.45, 7) is -2.72. The number of rotatable bonds is 10. The van der Waals surface area contributed by atoms with Crippen LogP contribution in [0.25, 0.3) is 0 Å². The maximum absolute atomic E-state index is 10.9. The zero-order valence-corrected chi connectivity index (χ0v) is 25.0. The van der Waals surface area contributed by atoms with Gasteiger partial charge in [-0.25, -0.2) is 0 Å². The minimum absolute atomic E-state index is 0. The second kappa shape index (κ2) is 19.5. The van der Waals surface area contributed by atoms with Crippen LogP contribution in [0.15, 0.2) is 0 Å². The molecule has 1 fully saturated rings. The van der Waals surface area contributed by atoms with E-state index in [2.05, 4.69) is 0 Å². The Labute approximate surface area is 251 Å². The second-order valence-corrected chi connectivity index (χ2v) is 5.72. The van der Waals surface area contributed by atoms with Gasteiger partial charge in [0.15, 0.2) is 0 Å². The number of nitrogens with zero attached hydrogens (tertiary/aromatic N) is 2. The first-order valence-corrected chi connectivity index (χ1v) is 7.48. The first-order valence-electron chi connectivity index (χ1n) is 7.48. The van der Waals surface area contributed by atoms with Crippen LogP contribution in [0.4, 0.5) is 0 Å². The van der Waals surface area contributed by atoms with Crippen LogP contribution in [0.3, 0.4) is 0 Å². The summed E-state index contributed by atoms with van der Waals surface area (Å²) < 4.78 is 0. The minimum atomic E-state index is -1.49. The Morgan fingerprint density at radius 1 is 0.571 bits per heavy atom. The molecule has 0 radical (unpaired) electrons. The van der Waals surface area contributed by atoms with E-state index in [-0.39, 0.29) is 118 Å². The van der Waals surface area contributed by atoms with E-state index in [9.17, 15) is 39.6 Å². The molecule has 0 amide bonds. The van der Waals surface area contributed by atoms with Crippen LogP contribution in [-0.4, -0.2) is 71.9 Å². The van der Waals surface area contributed by atoms with Gasteiger partial charge >= 0.3 is 118 Å². The van der Waals surface area contributed by atoms with Gasteiger partial charge < -0.3 is 39.6 Å². The van der Waals surface area contributed by atoms with Crippen molar-refractivity contribution in [2.75, 3.05) is 26.2 Å². The maximum atomic E-state index is 10.9. The Morgan fingerprint density at radius 2 is 0.786 bits per heavy atom. The molecule has 14 heteroatoms. The third-order valence-electron chi connectivity index (χ3n) is 3.96. The molecule has 0 aromatic rings. The summed E-state index contributed by atoms with van der Waals surface area (Å²) in [5.74, 6) is -5.97. The third kappa shape index (κ3) is 14.7. The molecule has 0 aliphatic heterocycles. The number of carbonyl (C=O) groups is 4. The fourth-order valence-electron chi connectivity index (χ4n) is 3.19. The fourth-order valence-corrected chi connectivity index (χ4v) is 3.19. The van der Waals surface area contributed by atoms with E-state index in [1.54, 1.807) is 0 Å². The smallest absolute Gasteiger partial charge is 0.549 e. The molecule has 1 aliphatic carbocycles. The first kappa shape index (κ1) is 37.1. The summed E-state index contributed by atoms with van der Waals surface area (Å²) in [7, 11) is 0. The van der Waals surface area contributed by atoms with Crippen molar-refractivity contribution in [2.45, 2.75) is 37.8 Å². The molecule has 1 rings (SSSR count). The molecule has 0 spiro atoms. The molecule has 0 unspecified atom stereocenters. The molecule has 0 heterocycles. The Balaban J connectivity index is -0.000000720. The van der Waals surface area contributed by atoms with Crippen LogP contribution < -0.4 is 139 Å². The molecule has 136 valence electrons. The molecule has 0 bridgehead atoms. The number of carbonyl (C=O) groups excluding carboxylic acids is 4. The molecule has 0 aromatic heterocycles. The van der Waals surface area contributed by atoms with Crippen LogP contribution in [-0.2, 0) is 19.2 Å². The topological polar surface area (TPSA) is 167 Å². The van der Waals surface area contributed by atoms with Crippen molar-refractivity contribution < 1.29 is 158 Å². The molecular weight excluding hydrogens is 416 g/mol. The molecule has 1 aliphatic rings. The molecule has 0 N–H and O–H groups in total. The van der Waals surface area contributed by atoms with Crippen LogP contribution in [0, 0.1) is 0 Å². The summed E-state index contributed by atoms with van der Waals surface area (Å²) in [5.41, 5.74) is 0. The van der Waals surface area contributed by atoms with Gasteiger partial charge in [0.05, 0.1) is 23.9 Å². The van der Waals surface area contributed by atoms with Gasteiger partial charge in [-0.2, -0.15) is 0 Å². The van der Waals surface area contributed by atoms with E-state index >= 15 is 0 Å². The monoisotopic (exact) mass is 434 g/mol. The zero-order chi connectivity index (χ0) is 18.3. The number of hydrogen-bond acceptors (Lipinski definition) is 10. The summed E-state index contributed by atoms with van der Waals surface area (Å²) in [6, 6.07) is -1.32. The van der Waals surface area contributed by atoms with Crippen molar-refractivity contribution in [1.82, 2.24) is 9.80 Å². The van der Waals surface area contributed by atoms with Crippen LogP contribution in [0.1, 0.15) is 25.7 Å². The quantitative estimate of drug-likeness (QED) is 0.301. The van der Waals surface area contributed by atoms with Gasteiger partial charge in [0.2, 0.25) is 0 Å². The second-order valence-electron chi connectivity index (χ2n) is 5.72. The maximum Gasteiger partial charge on any atom is 1.00 e. The average molecular weight is 434 g/mol. The first-order chi connectivity index (χ1) is 11.2. The normalized spacial score (nSPS) is 17.9. The minimum Gasteiger partial charge on any atom is -0.549 e. The standard InChI is InChI=1S/C14H22N2O8.4Na/c17-11(18)5-15(6-12(19)20)9-3-1-2-4-10(9)16(7-13(21)22)8-14(23)24;;;;/h9-10H,1-8H2,(H,17,18)(H,19,20)(H,21,22)(H,23,24);;;;/q;4*+1/p-4/t9-,10-;;;;/m1..../s1. The van der Waals surface area contributed by atoms with Crippen LogP contribution in [0.5, 0.6) is 0 Å². The number of carboxylic acid groups (broad SMARTS) is 4. The third-order valence-corrected chi connectivity index (χ3v) is 3.96. The van der Waals surface area contributed by atoms with Crippen molar-refractivity contribution in [3.05, 3.63) is 0 Å². The summed E-state index contributed by atoms with van der Waals surface area (Å²) >= 11 is 0. The molecule has 2 atom stereocenters. The van der Waals surface area contributed by atoms with Gasteiger partial charge in [-0.1, -0.05) is 12.8 Å². The van der Waals surface area contributed by atoms with Crippen molar-refractivity contribution in [3.63, 3.8) is 0 Å². The van der Waals surface area contributed by atoms with Crippen molar-refractivity contribution >= 4 is 23.9 Å². The van der Waals surface area contributed by atoms with Gasteiger partial charge in [-0.15, -0.1) is 0 Å². The Morgan fingerprint density at radius 3 is 0.964 bits per heavy atom. The molecule has 28 heavy (non-hydrogen) atoms. The summed E-state index contributed by atoms with van der Waals surface area (Å²) in [6.07, 6.45) is 2.12. The molecule has 10 nitrogen and oxygen atoms in total. The predicted octanol–water partition coefficient (Wildman–Crippen LogP) is -18.1. The fraction of sp³-hybridized carbons (Fsp3) is 0.714. The van der Waals surface area contributed by atoms with E-state index < -0.39 is 62.1 Å². The molecule has 0 aromatic carbocycles. The van der Waals surface area contributed by atoms with E-state index in [1.807, 2.05) is 0 Å². The van der Waals surface area contributed by atoms with Gasteiger partial charge in [0.1, 0.15) is 0 Å². The molecule has 0 saturated heterocycles. The SMILES string of the molecule is O=C([O-])CN(CC(=O)[O-])[C@@H]1CCCC[C@H]1N(CC(=O)[O-])CC(=O)[O-].[Na+].[Na+].[Na+].[Na+]. The largest absolute Gasteiger partial charge is 1.00 e. The summed E-state index contributed by atoms with van der Waals surface area (Å²) in [4.78, 5) is 45.7.